The molecule has 0 aliphatic carbocycles. The first-order chi connectivity index (χ1) is 31.0. The fourth-order valence-electron chi connectivity index (χ4n) is 5.42. The highest BCUT2D eigenvalue weighted by Crippen LogP contribution is 2.15. The highest BCUT2D eigenvalue weighted by molar-refractivity contribution is 5.98. The Labute approximate surface area is 374 Å². The van der Waals surface area contributed by atoms with Gasteiger partial charge in [-0.3, -0.25) is 47.5 Å². The number of nitrogens with zero attached hydrogens (tertiary/aromatic N) is 2. The Balaban J connectivity index is 1.55. The number of fused-ring (bicyclic) bond motifs is 2. The van der Waals surface area contributed by atoms with E-state index in [2.05, 4.69) is 26.3 Å². The lowest BCUT2D eigenvalue weighted by Crippen LogP contribution is -2.31. The van der Waals surface area contributed by atoms with Gasteiger partial charge in [0, 0.05) is 22.3 Å². The Hall–Kier alpha value is -7.78. The fourth-order valence-corrected chi connectivity index (χ4v) is 5.42. The monoisotopic (exact) mass is 924 g/mol. The lowest BCUT2D eigenvalue weighted by molar-refractivity contribution is -0.165. The van der Waals surface area contributed by atoms with Crippen LogP contribution in [0.1, 0.15) is 53.4 Å². The van der Waals surface area contributed by atoms with Crippen LogP contribution in [0.2, 0.25) is 0 Å². The summed E-state index contributed by atoms with van der Waals surface area (Å²) in [6.07, 6.45) is -4.46. The van der Waals surface area contributed by atoms with Gasteiger partial charge < -0.3 is 37.9 Å². The summed E-state index contributed by atoms with van der Waals surface area (Å²) < 4.78 is 41.9. The van der Waals surface area contributed by atoms with Crippen LogP contribution in [0.4, 0.5) is 0 Å². The number of carbonyl (C=O) groups is 8. The Morgan fingerprint density at radius 3 is 0.909 bits per heavy atom. The molecular formula is C44H48N2O20. The average Bonchev–Trinajstić information content (AvgIpc) is 3.64. The molecule has 0 bridgehead atoms. The number of carbonyl (C=O) groups excluding carboxylic acids is 8. The third-order valence-corrected chi connectivity index (χ3v) is 8.87. The van der Waals surface area contributed by atoms with Gasteiger partial charge in [0.25, 0.3) is 22.2 Å². The highest BCUT2D eigenvalue weighted by atomic mass is 16.6. The number of aromatic nitrogens is 2. The highest BCUT2D eigenvalue weighted by Gasteiger charge is 2.24. The minimum atomic E-state index is -1.23. The lowest BCUT2D eigenvalue weighted by Gasteiger charge is -2.18. The van der Waals surface area contributed by atoms with E-state index in [1.165, 1.54) is 27.7 Å². The van der Waals surface area contributed by atoms with Gasteiger partial charge in [-0.1, -0.05) is 26.3 Å². The van der Waals surface area contributed by atoms with E-state index >= 15 is 0 Å². The van der Waals surface area contributed by atoms with Gasteiger partial charge in [0.05, 0.1) is 60.3 Å². The zero-order chi connectivity index (χ0) is 49.4. The van der Waals surface area contributed by atoms with Crippen LogP contribution in [0, 0.1) is 0 Å². The Kier molecular flexibility index (Phi) is 19.4. The van der Waals surface area contributed by atoms with Gasteiger partial charge in [0.2, 0.25) is 0 Å². The van der Waals surface area contributed by atoms with Crippen molar-refractivity contribution < 1.29 is 76.3 Å². The molecule has 22 heteroatoms. The fraction of sp³-hybridized carbons (Fsp3) is 0.409. The van der Waals surface area contributed by atoms with Crippen molar-refractivity contribution in [3.8, 4) is 0 Å². The smallest absolute Gasteiger partial charge is 0.333 e. The standard InChI is InChI=1S/C44H48N2O20/c1-23(2)41(55)61-19-27(20-62-42(56)24(3)4)65-35(49)11-9-33(47)59-15-13-45-37(51)29-17-31-32(18-30(29)38(45)52)40(54)46(39(31)53)14-16-60-34(48)10-12-36(50)66-28(21-63-43(57)25(5)6)22-64-44(58)26(7)8/h17-18,27-28H,1,3,5,7,9-16,19-22H2,2,4,6,8H3. The molecule has 2 heterocycles. The van der Waals surface area contributed by atoms with Crippen molar-refractivity contribution in [2.45, 2.75) is 78.7 Å². The molecule has 0 aliphatic heterocycles. The van der Waals surface area contributed by atoms with Crippen LogP contribution < -0.4 is 22.2 Å². The van der Waals surface area contributed by atoms with Crippen molar-refractivity contribution >= 4 is 69.3 Å². The number of esters is 8. The third kappa shape index (κ3) is 15.2. The van der Waals surface area contributed by atoms with E-state index in [-0.39, 0.29) is 43.8 Å². The molecule has 0 amide bonds. The molecule has 3 rings (SSSR count). The molecule has 1 aromatic carbocycles. The number of hydrogen-bond acceptors (Lipinski definition) is 20. The van der Waals surface area contributed by atoms with Gasteiger partial charge in [-0.25, -0.2) is 19.2 Å². The van der Waals surface area contributed by atoms with E-state index in [1.807, 2.05) is 0 Å². The summed E-state index contributed by atoms with van der Waals surface area (Å²) in [5.74, 6) is -6.82. The molecule has 0 saturated carbocycles. The predicted molar refractivity (Wildman–Crippen MR) is 228 cm³/mol. The van der Waals surface area contributed by atoms with E-state index in [0.717, 1.165) is 21.3 Å². The van der Waals surface area contributed by atoms with Gasteiger partial charge in [0.1, 0.15) is 39.6 Å². The van der Waals surface area contributed by atoms with E-state index in [4.69, 9.17) is 37.9 Å². The molecule has 0 aliphatic rings. The van der Waals surface area contributed by atoms with Crippen molar-refractivity contribution in [1.82, 2.24) is 9.13 Å². The first kappa shape index (κ1) is 52.6. The molecule has 2 aromatic heterocycles. The number of benzene rings is 1. The second kappa shape index (κ2) is 24.3. The minimum Gasteiger partial charge on any atom is -0.464 e. The molecule has 0 atom stereocenters. The normalized spacial score (nSPS) is 10.9. The third-order valence-electron chi connectivity index (χ3n) is 8.87. The molecule has 3 aromatic rings. The second-order valence-electron chi connectivity index (χ2n) is 14.6. The summed E-state index contributed by atoms with van der Waals surface area (Å²) in [6.45, 7) is 15.5. The maximum atomic E-state index is 13.2. The van der Waals surface area contributed by atoms with Gasteiger partial charge in [-0.2, -0.15) is 0 Å². The van der Waals surface area contributed by atoms with Crippen molar-refractivity contribution in [3.63, 3.8) is 0 Å². The molecule has 0 radical (unpaired) electrons. The van der Waals surface area contributed by atoms with Crippen LogP contribution in [-0.4, -0.2) is 109 Å². The van der Waals surface area contributed by atoms with Gasteiger partial charge in [-0.05, 0) is 39.8 Å². The molecular weight excluding hydrogens is 876 g/mol. The van der Waals surface area contributed by atoms with Crippen molar-refractivity contribution in [3.05, 3.63) is 102 Å². The minimum absolute atomic E-state index is 0.0667. The van der Waals surface area contributed by atoms with Gasteiger partial charge in [-0.15, -0.1) is 0 Å². The molecule has 0 saturated heterocycles. The summed E-state index contributed by atoms with van der Waals surface area (Å²) >= 11 is 0. The molecule has 66 heavy (non-hydrogen) atoms. The zero-order valence-electron chi connectivity index (χ0n) is 36.7. The Morgan fingerprint density at radius 1 is 0.424 bits per heavy atom. The molecule has 22 nitrogen and oxygen atoms in total. The zero-order valence-corrected chi connectivity index (χ0v) is 36.7. The van der Waals surface area contributed by atoms with E-state index in [0.29, 0.717) is 0 Å². The number of ether oxygens (including phenoxy) is 8. The van der Waals surface area contributed by atoms with Crippen LogP contribution in [0.15, 0.2) is 79.9 Å². The maximum absolute atomic E-state index is 13.2. The molecule has 0 spiro atoms. The van der Waals surface area contributed by atoms with Crippen LogP contribution in [0.25, 0.3) is 21.5 Å². The molecule has 0 fully saturated rings. The van der Waals surface area contributed by atoms with Gasteiger partial charge >= 0.3 is 47.8 Å². The van der Waals surface area contributed by atoms with Crippen LogP contribution in [-0.2, 0) is 89.3 Å². The van der Waals surface area contributed by atoms with E-state index < -0.39 is 161 Å². The molecule has 0 N–H and O–H groups in total. The van der Waals surface area contributed by atoms with Crippen molar-refractivity contribution in [2.24, 2.45) is 0 Å². The SMILES string of the molecule is C=C(C)C(=O)OCC(COC(=O)C(=C)C)OC(=O)CCC(=O)OCCn1c(=O)c2cc3c(=O)n(CCOC(=O)CCC(=O)OC(COC(=O)C(=C)C)COC(=O)C(=C)C)c(=O)c3cc2c1=O. The quantitative estimate of drug-likeness (QED) is 0.0613. The number of rotatable bonds is 26. The Bertz CT molecular complexity index is 2360. The lowest BCUT2D eigenvalue weighted by atomic mass is 10.1. The van der Waals surface area contributed by atoms with Crippen LogP contribution in [0.3, 0.4) is 0 Å². The van der Waals surface area contributed by atoms with E-state index in [9.17, 15) is 57.5 Å². The first-order valence-electron chi connectivity index (χ1n) is 19.9. The average molecular weight is 925 g/mol. The Morgan fingerprint density at radius 2 is 0.667 bits per heavy atom. The number of hydrogen-bond donors (Lipinski definition) is 0. The maximum Gasteiger partial charge on any atom is 0.333 e. The molecule has 0 unspecified atom stereocenters. The summed E-state index contributed by atoms with van der Waals surface area (Å²) in [5.41, 5.74) is -3.12. The largest absolute Gasteiger partial charge is 0.464 e. The van der Waals surface area contributed by atoms with Crippen molar-refractivity contribution in [1.29, 1.82) is 0 Å². The second-order valence-corrected chi connectivity index (χ2v) is 14.6. The summed E-state index contributed by atoms with van der Waals surface area (Å²) in [7, 11) is 0. The first-order valence-corrected chi connectivity index (χ1v) is 19.9. The van der Waals surface area contributed by atoms with Gasteiger partial charge in [0.15, 0.2) is 12.2 Å². The molecule has 354 valence electrons. The summed E-state index contributed by atoms with van der Waals surface area (Å²) in [4.78, 5) is 150. The predicted octanol–water partition coefficient (Wildman–Crippen LogP) is 0.860. The van der Waals surface area contributed by atoms with Crippen molar-refractivity contribution in [2.75, 3.05) is 39.6 Å². The summed E-state index contributed by atoms with van der Waals surface area (Å²) in [5, 5.41) is -0.790. The van der Waals surface area contributed by atoms with Crippen LogP contribution >= 0.6 is 0 Å². The van der Waals surface area contributed by atoms with Crippen LogP contribution in [0.5, 0.6) is 0 Å². The van der Waals surface area contributed by atoms with E-state index in [1.54, 1.807) is 0 Å². The summed E-state index contributed by atoms with van der Waals surface area (Å²) in [6, 6.07) is 2.16. The topological polar surface area (TPSA) is 289 Å².